The topological polar surface area (TPSA) is 38.0 Å². The molecule has 3 nitrogen and oxygen atoms in total. The van der Waals surface area contributed by atoms with Crippen LogP contribution in [0, 0.1) is 17.5 Å². The summed E-state index contributed by atoms with van der Waals surface area (Å²) in [6, 6.07) is 18.3. The number of aromatic nitrogens is 2. The van der Waals surface area contributed by atoms with Gasteiger partial charge in [0.25, 0.3) is 0 Å². The van der Waals surface area contributed by atoms with Crippen LogP contribution in [0.25, 0.3) is 60.4 Å². The van der Waals surface area contributed by atoms with Crippen molar-refractivity contribution in [1.82, 2.24) is 9.55 Å². The van der Waals surface area contributed by atoms with E-state index in [2.05, 4.69) is 10.9 Å². The molecule has 1 aliphatic rings. The van der Waals surface area contributed by atoms with E-state index < -0.39 is 16.0 Å². The number of nitrogens with zero attached hydrogens (tertiary/aromatic N) is 2. The summed E-state index contributed by atoms with van der Waals surface area (Å²) in [5, 5.41) is 8.38. The quantitative estimate of drug-likeness (QED) is 0.130. The van der Waals surface area contributed by atoms with Crippen LogP contribution in [0.2, 0.25) is 0 Å². The van der Waals surface area contributed by atoms with Crippen LogP contribution in [-0.2, 0) is 17.0 Å². The van der Waals surface area contributed by atoms with Crippen molar-refractivity contribution in [1.29, 1.82) is 0 Å². The zero-order valence-electron chi connectivity index (χ0n) is 38.8. The molecule has 0 fully saturated rings. The zero-order chi connectivity index (χ0) is 51.6. The van der Waals surface area contributed by atoms with E-state index in [0.717, 1.165) is 10.8 Å². The number of para-hydroxylation sites is 2. The van der Waals surface area contributed by atoms with Crippen LogP contribution < -0.4 is 48.9 Å². The average Bonchev–Trinajstić information content (AvgIpc) is 3.83. The first-order valence-electron chi connectivity index (χ1n) is 21.6. The molecular weight excluding hydrogens is 827 g/mol. The van der Waals surface area contributed by atoms with Gasteiger partial charge in [0.1, 0.15) is 0 Å². The third-order valence-corrected chi connectivity index (χ3v) is 13.5. The minimum atomic E-state index is -2.56. The second-order valence-corrected chi connectivity index (χ2v) is 18.3. The van der Waals surface area contributed by atoms with E-state index in [1.807, 2.05) is 62.4 Å². The van der Waals surface area contributed by atoms with Gasteiger partial charge in [0.05, 0.1) is 31.4 Å². The fourth-order valence-electron chi connectivity index (χ4n) is 9.80. The Morgan fingerprint density at radius 3 is 1.91 bits per heavy atom. The van der Waals surface area contributed by atoms with Gasteiger partial charge in [-0.05, 0) is 11.5 Å². The molecule has 8 rings (SSSR count). The SMILES string of the molecule is [B]C(Cc1c(=[B])/c(=C([B])\C([B])=C(\[B])C)c(-c2ccc3cc(-n4c(C([B])([B])C([B])([B])O)nc5ccccc54)ccc3c2)c2c([B])c([B])c([B])c([B])c12)=C1/C(=C(/[B])C#C)c2c([B])c([B])c([B])c([B])c2C1(C)C. The number of terminal acetylenes is 1. The number of hydrogen-bond acceptors (Lipinski definition) is 2. The summed E-state index contributed by atoms with van der Waals surface area (Å²) in [5.41, 5.74) is 4.80. The molecular formula is C49H23B18N2O. The van der Waals surface area contributed by atoms with Gasteiger partial charge in [-0.1, -0.05) is 12.1 Å². The predicted molar refractivity (Wildman–Crippen MR) is 309 cm³/mol. The second-order valence-electron chi connectivity index (χ2n) is 18.3. The fourth-order valence-corrected chi connectivity index (χ4v) is 9.80. The van der Waals surface area contributed by atoms with Crippen LogP contribution in [-0.4, -0.2) is 161 Å². The van der Waals surface area contributed by atoms with Crippen molar-refractivity contribution in [2.75, 3.05) is 0 Å². The van der Waals surface area contributed by atoms with Gasteiger partial charge < -0.3 is 5.11 Å². The summed E-state index contributed by atoms with van der Waals surface area (Å²) >= 11 is 0. The molecule has 0 atom stereocenters. The van der Waals surface area contributed by atoms with Crippen molar-refractivity contribution in [3.63, 3.8) is 0 Å². The first-order valence-corrected chi connectivity index (χ1v) is 21.6. The Morgan fingerprint density at radius 2 is 1.30 bits per heavy atom. The van der Waals surface area contributed by atoms with Crippen molar-refractivity contribution in [2.45, 2.75) is 43.2 Å². The number of hydrogen-bond donors (Lipinski definition) is 1. The predicted octanol–water partition coefficient (Wildman–Crippen LogP) is -4.44. The Hall–Kier alpha value is -4.91. The van der Waals surface area contributed by atoms with E-state index in [1.165, 1.54) is 0 Å². The monoisotopic (exact) mass is 853 g/mol. The number of imidazole rings is 1. The molecule has 0 aliphatic heterocycles. The fraction of sp³-hybridized carbons (Fsp3) is 0.143. The van der Waals surface area contributed by atoms with Gasteiger partial charge in [0.15, 0.2) is 0 Å². The third kappa shape index (κ3) is 7.76. The second kappa shape index (κ2) is 18.0. The van der Waals surface area contributed by atoms with Crippen LogP contribution in [0.3, 0.4) is 0 Å². The van der Waals surface area contributed by atoms with Crippen molar-refractivity contribution >= 4 is 228 Å². The van der Waals surface area contributed by atoms with Crippen LogP contribution >= 0.6 is 0 Å². The number of benzene rings is 6. The number of aliphatic hydroxyl groups is 1. The van der Waals surface area contributed by atoms with Crippen molar-refractivity contribution in [3.05, 3.63) is 121 Å². The standard InChI is InChI=1S/C49H23B18N2O/c1-5-23(51)29-31-34(41(59)45(63)44(62)39(31)57)47(3,4)33(29)24(52)16-22-28-30(38(56)43(61)42(60)37(28)55)27(32(36(22)54)40(58)35(53)17(2)50)20-11-10-19-15-21(13-12-18(19)14-20)69-26-9-7-6-8-25(26)68-46(69)48(64,65)49(66,67)70/h1,6-15,70H,16H2,2-4H3/b29-23+,33-24?,35-17-,40-32+. The van der Waals surface area contributed by atoms with Gasteiger partial charge in [-0.25, -0.2) is 0 Å². The number of fused-ring (bicyclic) bond motifs is 4. The first-order chi connectivity index (χ1) is 32.6. The molecule has 70 heavy (non-hydrogen) atoms. The van der Waals surface area contributed by atoms with Gasteiger partial charge in [-0.15, -0.1) is 0 Å². The van der Waals surface area contributed by atoms with Crippen molar-refractivity contribution in [2.24, 2.45) is 0 Å². The molecule has 35 radical (unpaired) electrons. The summed E-state index contributed by atoms with van der Waals surface area (Å²) < 4.78 is 1.68. The summed E-state index contributed by atoms with van der Waals surface area (Å²) in [5.74, 6) is 2.53. The third-order valence-electron chi connectivity index (χ3n) is 13.5. The van der Waals surface area contributed by atoms with Crippen molar-refractivity contribution < 1.29 is 5.11 Å². The molecule has 0 saturated carbocycles. The Labute approximate surface area is 433 Å². The van der Waals surface area contributed by atoms with Gasteiger partial charge in [0.2, 0.25) is 0 Å². The molecule has 21 heteroatoms. The molecule has 0 spiro atoms. The summed E-state index contributed by atoms with van der Waals surface area (Å²) in [6.07, 6.45) is 5.82. The minimum absolute atomic E-state index is 0.00104. The summed E-state index contributed by atoms with van der Waals surface area (Å²) in [6.45, 7) is 5.35. The maximum atomic E-state index is 10.7. The first kappa shape index (κ1) is 51.4. The maximum absolute atomic E-state index is 10.7. The van der Waals surface area contributed by atoms with E-state index in [0.29, 0.717) is 66.5 Å². The van der Waals surface area contributed by atoms with Gasteiger partial charge >= 0.3 is 376 Å². The van der Waals surface area contributed by atoms with E-state index in [9.17, 15) is 5.11 Å². The Bertz CT molecular complexity index is 3760. The van der Waals surface area contributed by atoms with Crippen molar-refractivity contribution in [3.8, 4) is 29.2 Å². The van der Waals surface area contributed by atoms with Crippen LogP contribution in [0.1, 0.15) is 43.3 Å². The number of rotatable bonds is 7. The van der Waals surface area contributed by atoms with Crippen LogP contribution in [0.4, 0.5) is 0 Å². The normalized spacial score (nSPS) is 16.0. The van der Waals surface area contributed by atoms with Gasteiger partial charge in [0, 0.05) is 0 Å². The molecule has 289 valence electrons. The molecule has 1 aromatic heterocycles. The molecule has 0 bridgehead atoms. The van der Waals surface area contributed by atoms with E-state index in [-0.39, 0.29) is 93.6 Å². The molecule has 0 amide bonds. The van der Waals surface area contributed by atoms with Gasteiger partial charge in [-0.3, -0.25) is 0 Å². The summed E-state index contributed by atoms with van der Waals surface area (Å²) in [7, 11) is 119. The van der Waals surface area contributed by atoms with Crippen LogP contribution in [0.5, 0.6) is 0 Å². The molecule has 6 aromatic carbocycles. The van der Waals surface area contributed by atoms with Crippen LogP contribution in [0.15, 0.2) is 88.1 Å². The Morgan fingerprint density at radius 1 is 0.729 bits per heavy atom. The van der Waals surface area contributed by atoms with E-state index in [1.54, 1.807) is 23.6 Å². The molecule has 1 aliphatic carbocycles. The molecule has 0 saturated heterocycles. The van der Waals surface area contributed by atoms with E-state index in [4.69, 9.17) is 147 Å². The Balaban J connectivity index is 1.45. The summed E-state index contributed by atoms with van der Waals surface area (Å²) in [4.78, 5) is 4.63. The molecule has 7 aromatic rings. The van der Waals surface area contributed by atoms with E-state index >= 15 is 0 Å². The Kier molecular flexibility index (Phi) is 13.2. The molecule has 1 heterocycles. The van der Waals surface area contributed by atoms with Gasteiger partial charge in [-0.2, -0.15) is 0 Å². The average molecular weight is 850 g/mol. The zero-order valence-corrected chi connectivity index (χ0v) is 38.8. The molecule has 1 N–H and O–H groups in total. The number of allylic oxidation sites excluding steroid dienone is 6. The molecule has 0 unspecified atom stereocenters.